The van der Waals surface area contributed by atoms with Crippen LogP contribution < -0.4 is 5.32 Å². The summed E-state index contributed by atoms with van der Waals surface area (Å²) in [5.41, 5.74) is 0.823. The highest BCUT2D eigenvalue weighted by molar-refractivity contribution is 6.00. The number of nitrogens with zero attached hydrogens (tertiary/aromatic N) is 1. The van der Waals surface area contributed by atoms with Gasteiger partial charge < -0.3 is 19.9 Å². The summed E-state index contributed by atoms with van der Waals surface area (Å²) in [6.07, 6.45) is 1.32. The van der Waals surface area contributed by atoms with Crippen LogP contribution in [0.15, 0.2) is 36.5 Å². The van der Waals surface area contributed by atoms with Crippen LogP contribution in [0.4, 0.5) is 0 Å². The van der Waals surface area contributed by atoms with Crippen LogP contribution in [0.1, 0.15) is 17.3 Å². The lowest BCUT2D eigenvalue weighted by Gasteiger charge is -2.26. The van der Waals surface area contributed by atoms with Crippen molar-refractivity contribution in [3.05, 3.63) is 42.1 Å². The Labute approximate surface area is 160 Å². The van der Waals surface area contributed by atoms with E-state index in [1.54, 1.807) is 30.3 Å². The van der Waals surface area contributed by atoms with Gasteiger partial charge in [0.2, 0.25) is 0 Å². The summed E-state index contributed by atoms with van der Waals surface area (Å²) in [5.74, 6) is -6.65. The van der Waals surface area contributed by atoms with Crippen LogP contribution in [0, 0.1) is 11.8 Å². The molecule has 2 aromatic rings. The molecule has 0 saturated carbocycles. The second kappa shape index (κ2) is 8.94. The zero-order chi connectivity index (χ0) is 20.8. The highest BCUT2D eigenvalue weighted by Crippen LogP contribution is 2.20. The maximum atomic E-state index is 12.6. The highest BCUT2D eigenvalue weighted by Gasteiger charge is 2.42. The average molecular weight is 388 g/mol. The van der Waals surface area contributed by atoms with Crippen molar-refractivity contribution in [2.24, 2.45) is 11.8 Å². The van der Waals surface area contributed by atoms with Crippen LogP contribution in [0.5, 0.6) is 0 Å². The van der Waals surface area contributed by atoms with Crippen LogP contribution in [-0.2, 0) is 23.9 Å². The average Bonchev–Trinajstić information content (AvgIpc) is 2.70. The number of hydrogen-bond acceptors (Lipinski definition) is 7. The van der Waals surface area contributed by atoms with Crippen LogP contribution in [0.2, 0.25) is 0 Å². The van der Waals surface area contributed by atoms with Crippen molar-refractivity contribution in [2.75, 3.05) is 14.2 Å². The molecule has 9 heteroatoms. The molecule has 1 aromatic heterocycles. The molecule has 1 amide bonds. The number of para-hydroxylation sites is 1. The highest BCUT2D eigenvalue weighted by atomic mass is 16.5. The topological polar surface area (TPSA) is 132 Å². The number of nitrogens with one attached hydrogen (secondary N) is 1. The van der Waals surface area contributed by atoms with Gasteiger partial charge in [0.15, 0.2) is 5.92 Å². The third kappa shape index (κ3) is 4.43. The standard InChI is InChI=1S/C19H20N2O7/c1-10(14(18(25)27-2)19(26)28-3)15(17(23)24)21-16(22)12-8-11-6-4-5-7-13(11)20-9-12/h4-10,14-15H,1-3H3,(H,21,22)(H,23,24)/t10-,15-/m1/s1. The lowest BCUT2D eigenvalue weighted by molar-refractivity contribution is -0.162. The van der Waals surface area contributed by atoms with Crippen molar-refractivity contribution in [3.8, 4) is 0 Å². The quantitative estimate of drug-likeness (QED) is 0.531. The van der Waals surface area contributed by atoms with Crippen LogP contribution in [0.25, 0.3) is 10.9 Å². The summed E-state index contributed by atoms with van der Waals surface area (Å²) in [4.78, 5) is 52.3. The van der Waals surface area contributed by atoms with Gasteiger partial charge in [0.25, 0.3) is 5.91 Å². The SMILES string of the molecule is COC(=O)C(C(=O)OC)[C@@H](C)[C@@H](NC(=O)c1cnc2ccccc2c1)C(=O)O. The molecule has 1 heterocycles. The molecule has 148 valence electrons. The van der Waals surface area contributed by atoms with E-state index in [4.69, 9.17) is 0 Å². The smallest absolute Gasteiger partial charge is 0.326 e. The number of ether oxygens (including phenoxy) is 2. The first-order valence-electron chi connectivity index (χ1n) is 8.34. The number of aromatic nitrogens is 1. The minimum absolute atomic E-state index is 0.143. The molecule has 1 aromatic carbocycles. The molecule has 0 radical (unpaired) electrons. The first-order chi connectivity index (χ1) is 13.3. The van der Waals surface area contributed by atoms with Crippen LogP contribution >= 0.6 is 0 Å². The number of pyridine rings is 1. The van der Waals surface area contributed by atoms with Crippen molar-refractivity contribution < 1.29 is 33.8 Å². The number of methoxy groups -OCH3 is 2. The Hall–Kier alpha value is -3.49. The van der Waals surface area contributed by atoms with E-state index in [0.717, 1.165) is 14.2 Å². The molecule has 0 aliphatic carbocycles. The molecule has 0 saturated heterocycles. The molecule has 0 bridgehead atoms. The number of fused-ring (bicyclic) bond motifs is 1. The molecule has 2 rings (SSSR count). The Morgan fingerprint density at radius 3 is 2.25 bits per heavy atom. The number of carboxylic acids is 1. The van der Waals surface area contributed by atoms with Gasteiger partial charge in [0.1, 0.15) is 6.04 Å². The Morgan fingerprint density at radius 1 is 1.07 bits per heavy atom. The zero-order valence-corrected chi connectivity index (χ0v) is 15.5. The molecule has 0 aliphatic rings. The van der Waals surface area contributed by atoms with Gasteiger partial charge in [-0.3, -0.25) is 19.4 Å². The summed E-state index contributed by atoms with van der Waals surface area (Å²) in [5, 5.41) is 12.6. The van der Waals surface area contributed by atoms with Crippen molar-refractivity contribution in [1.29, 1.82) is 0 Å². The third-order valence-electron chi connectivity index (χ3n) is 4.37. The fraction of sp³-hybridized carbons (Fsp3) is 0.316. The fourth-order valence-electron chi connectivity index (χ4n) is 2.81. The molecule has 0 spiro atoms. The maximum absolute atomic E-state index is 12.6. The van der Waals surface area contributed by atoms with Gasteiger partial charge in [-0.15, -0.1) is 0 Å². The predicted octanol–water partition coefficient (Wildman–Crippen LogP) is 1.02. The van der Waals surface area contributed by atoms with Gasteiger partial charge in [-0.25, -0.2) is 4.79 Å². The second-order valence-electron chi connectivity index (χ2n) is 6.09. The van der Waals surface area contributed by atoms with E-state index in [1.165, 1.54) is 13.1 Å². The van der Waals surface area contributed by atoms with Gasteiger partial charge >= 0.3 is 17.9 Å². The molecule has 2 atom stereocenters. The van der Waals surface area contributed by atoms with Crippen molar-refractivity contribution >= 4 is 34.7 Å². The monoisotopic (exact) mass is 388 g/mol. The molecular formula is C19H20N2O7. The number of rotatable bonds is 7. The summed E-state index contributed by atoms with van der Waals surface area (Å²) < 4.78 is 9.14. The Bertz CT molecular complexity index is 896. The summed E-state index contributed by atoms with van der Waals surface area (Å²) in [6.45, 7) is 1.34. The first kappa shape index (κ1) is 20.8. The van der Waals surface area contributed by atoms with E-state index in [0.29, 0.717) is 10.9 Å². The van der Waals surface area contributed by atoms with Gasteiger partial charge in [-0.05, 0) is 12.1 Å². The summed E-state index contributed by atoms with van der Waals surface area (Å²) >= 11 is 0. The number of benzene rings is 1. The fourth-order valence-corrected chi connectivity index (χ4v) is 2.81. The van der Waals surface area contributed by atoms with E-state index in [2.05, 4.69) is 19.8 Å². The van der Waals surface area contributed by atoms with E-state index < -0.39 is 41.7 Å². The Kier molecular flexibility index (Phi) is 6.64. The second-order valence-corrected chi connectivity index (χ2v) is 6.09. The predicted molar refractivity (Wildman–Crippen MR) is 97.3 cm³/mol. The maximum Gasteiger partial charge on any atom is 0.326 e. The molecule has 9 nitrogen and oxygen atoms in total. The molecule has 0 fully saturated rings. The molecule has 28 heavy (non-hydrogen) atoms. The van der Waals surface area contributed by atoms with Crippen molar-refractivity contribution in [1.82, 2.24) is 10.3 Å². The molecule has 0 aliphatic heterocycles. The normalized spacial score (nSPS) is 12.9. The van der Waals surface area contributed by atoms with E-state index in [-0.39, 0.29) is 5.56 Å². The Balaban J connectivity index is 2.29. The van der Waals surface area contributed by atoms with E-state index >= 15 is 0 Å². The molecular weight excluding hydrogens is 368 g/mol. The molecule has 2 N–H and O–H groups in total. The van der Waals surface area contributed by atoms with E-state index in [9.17, 15) is 24.3 Å². The first-order valence-corrected chi connectivity index (χ1v) is 8.34. The molecule has 0 unspecified atom stereocenters. The number of hydrogen-bond donors (Lipinski definition) is 2. The summed E-state index contributed by atoms with van der Waals surface area (Å²) in [7, 11) is 2.14. The minimum atomic E-state index is -1.54. The lowest BCUT2D eigenvalue weighted by atomic mass is 9.87. The number of aliphatic carboxylic acids is 1. The van der Waals surface area contributed by atoms with Crippen LogP contribution in [0.3, 0.4) is 0 Å². The third-order valence-corrected chi connectivity index (χ3v) is 4.37. The number of amides is 1. The lowest BCUT2D eigenvalue weighted by Crippen LogP contribution is -2.50. The van der Waals surface area contributed by atoms with Crippen molar-refractivity contribution in [2.45, 2.75) is 13.0 Å². The van der Waals surface area contributed by atoms with Crippen molar-refractivity contribution in [3.63, 3.8) is 0 Å². The number of carbonyl (C=O) groups is 4. The van der Waals surface area contributed by atoms with Gasteiger partial charge in [-0.1, -0.05) is 25.1 Å². The largest absolute Gasteiger partial charge is 0.480 e. The van der Waals surface area contributed by atoms with Crippen LogP contribution in [-0.4, -0.2) is 54.2 Å². The zero-order valence-electron chi connectivity index (χ0n) is 15.5. The minimum Gasteiger partial charge on any atom is -0.480 e. The Morgan fingerprint density at radius 2 is 1.68 bits per heavy atom. The van der Waals surface area contributed by atoms with E-state index in [1.807, 2.05) is 0 Å². The van der Waals surface area contributed by atoms with Gasteiger partial charge in [-0.2, -0.15) is 0 Å². The number of carbonyl (C=O) groups excluding carboxylic acids is 3. The van der Waals surface area contributed by atoms with Gasteiger partial charge in [0, 0.05) is 17.5 Å². The summed E-state index contributed by atoms with van der Waals surface area (Å²) in [6, 6.07) is 7.15. The van der Waals surface area contributed by atoms with Gasteiger partial charge in [0.05, 0.1) is 25.3 Å². The number of esters is 2. The number of carboxylic acid groups (broad SMARTS) is 1.